The molecule has 0 fully saturated rings. The summed E-state index contributed by atoms with van der Waals surface area (Å²) in [5.74, 6) is 2.32. The molecule has 0 aromatic heterocycles. The maximum absolute atomic E-state index is 11.6. The lowest BCUT2D eigenvalue weighted by molar-refractivity contribution is -0.121. The number of rotatable bonds is 7. The molecule has 1 aromatic rings. The smallest absolute Gasteiger partial charge is 0.231 e. The highest BCUT2D eigenvalue weighted by molar-refractivity contribution is 5.81. The van der Waals surface area contributed by atoms with Gasteiger partial charge in [-0.15, -0.1) is 0 Å². The van der Waals surface area contributed by atoms with E-state index >= 15 is 0 Å². The van der Waals surface area contributed by atoms with Gasteiger partial charge in [0.2, 0.25) is 12.7 Å². The average Bonchev–Trinajstić information content (AvgIpc) is 3.00. The van der Waals surface area contributed by atoms with Crippen molar-refractivity contribution in [2.24, 2.45) is 4.99 Å². The van der Waals surface area contributed by atoms with Crippen LogP contribution in [0.5, 0.6) is 11.5 Å². The molecule has 0 saturated carbocycles. The number of amides is 1. The second kappa shape index (κ2) is 9.00. The molecule has 7 heteroatoms. The van der Waals surface area contributed by atoms with E-state index < -0.39 is 0 Å². The van der Waals surface area contributed by atoms with Crippen LogP contribution in [-0.4, -0.2) is 44.8 Å². The van der Waals surface area contributed by atoms with Crippen LogP contribution in [-0.2, 0) is 11.2 Å². The second-order valence-corrected chi connectivity index (χ2v) is 5.84. The van der Waals surface area contributed by atoms with E-state index in [2.05, 4.69) is 20.9 Å². The molecule has 1 aliphatic heterocycles. The molecule has 0 bridgehead atoms. The Kier molecular flexibility index (Phi) is 6.72. The molecular formula is C17H26N4O3. The summed E-state index contributed by atoms with van der Waals surface area (Å²) < 4.78 is 10.7. The Labute approximate surface area is 142 Å². The maximum Gasteiger partial charge on any atom is 0.231 e. The minimum Gasteiger partial charge on any atom is -0.454 e. The number of nitrogens with one attached hydrogen (secondary N) is 3. The third-order valence-corrected chi connectivity index (χ3v) is 3.46. The number of guanidine groups is 1. The average molecular weight is 334 g/mol. The quantitative estimate of drug-likeness (QED) is 0.512. The zero-order chi connectivity index (χ0) is 17.4. The fourth-order valence-electron chi connectivity index (χ4n) is 2.33. The maximum atomic E-state index is 11.6. The first-order chi connectivity index (χ1) is 11.6. The number of hydrogen-bond donors (Lipinski definition) is 3. The van der Waals surface area contributed by atoms with E-state index in [1.54, 1.807) is 7.05 Å². The summed E-state index contributed by atoms with van der Waals surface area (Å²) >= 11 is 0. The lowest BCUT2D eigenvalue weighted by Gasteiger charge is -2.13. The standard InChI is InChI=1S/C17H26N4O3/c1-12(2)21-16(22)7-9-20-17(18-3)19-8-6-13-4-5-14-15(10-13)24-11-23-14/h4-5,10,12H,6-9,11H2,1-3H3,(H,21,22)(H2,18,19,20). The normalized spacial score (nSPS) is 13.1. The summed E-state index contributed by atoms with van der Waals surface area (Å²) in [6, 6.07) is 6.12. The Bertz CT molecular complexity index is 587. The van der Waals surface area contributed by atoms with Crippen molar-refractivity contribution < 1.29 is 14.3 Å². The number of hydrogen-bond acceptors (Lipinski definition) is 4. The van der Waals surface area contributed by atoms with Crippen LogP contribution in [0.4, 0.5) is 0 Å². The Morgan fingerprint density at radius 1 is 1.21 bits per heavy atom. The molecule has 0 aliphatic carbocycles. The first kappa shape index (κ1) is 17.9. The van der Waals surface area contributed by atoms with Gasteiger partial charge in [0.25, 0.3) is 0 Å². The van der Waals surface area contributed by atoms with Crippen LogP contribution in [0.1, 0.15) is 25.8 Å². The predicted molar refractivity (Wildman–Crippen MR) is 93.5 cm³/mol. The summed E-state index contributed by atoms with van der Waals surface area (Å²) in [7, 11) is 1.71. The van der Waals surface area contributed by atoms with E-state index in [1.165, 1.54) is 5.56 Å². The minimum atomic E-state index is 0.0355. The Morgan fingerprint density at radius 2 is 1.96 bits per heavy atom. The van der Waals surface area contributed by atoms with E-state index in [0.717, 1.165) is 24.5 Å². The molecule has 1 aliphatic rings. The van der Waals surface area contributed by atoms with Crippen LogP contribution in [0.15, 0.2) is 23.2 Å². The van der Waals surface area contributed by atoms with Gasteiger partial charge in [-0.2, -0.15) is 0 Å². The van der Waals surface area contributed by atoms with Crippen LogP contribution < -0.4 is 25.4 Å². The largest absolute Gasteiger partial charge is 0.454 e. The molecule has 24 heavy (non-hydrogen) atoms. The molecule has 132 valence electrons. The number of carbonyl (C=O) groups excluding carboxylic acids is 1. The highest BCUT2D eigenvalue weighted by Gasteiger charge is 2.13. The zero-order valence-electron chi connectivity index (χ0n) is 14.5. The lowest BCUT2D eigenvalue weighted by atomic mass is 10.1. The van der Waals surface area contributed by atoms with Crippen molar-refractivity contribution in [2.45, 2.75) is 32.7 Å². The minimum absolute atomic E-state index is 0.0355. The summed E-state index contributed by atoms with van der Waals surface area (Å²) in [6.07, 6.45) is 1.26. The fraction of sp³-hybridized carbons (Fsp3) is 0.529. The van der Waals surface area contributed by atoms with Crippen LogP contribution in [0.2, 0.25) is 0 Å². The van der Waals surface area contributed by atoms with Gasteiger partial charge in [-0.05, 0) is 38.0 Å². The summed E-state index contributed by atoms with van der Waals surface area (Å²) in [5, 5.41) is 9.23. The van der Waals surface area contributed by atoms with Gasteiger partial charge in [0.05, 0.1) is 0 Å². The highest BCUT2D eigenvalue weighted by Crippen LogP contribution is 2.32. The summed E-state index contributed by atoms with van der Waals surface area (Å²) in [5.41, 5.74) is 1.17. The Hall–Kier alpha value is -2.44. The van der Waals surface area contributed by atoms with Gasteiger partial charge in [0, 0.05) is 32.6 Å². The van der Waals surface area contributed by atoms with E-state index in [4.69, 9.17) is 9.47 Å². The molecule has 0 atom stereocenters. The molecule has 0 spiro atoms. The van der Waals surface area contributed by atoms with Crippen molar-refractivity contribution in [3.8, 4) is 11.5 Å². The van der Waals surface area contributed by atoms with Crippen molar-refractivity contribution in [1.29, 1.82) is 0 Å². The number of carbonyl (C=O) groups is 1. The first-order valence-electron chi connectivity index (χ1n) is 8.21. The van der Waals surface area contributed by atoms with Crippen molar-refractivity contribution in [1.82, 2.24) is 16.0 Å². The monoisotopic (exact) mass is 334 g/mol. The number of ether oxygens (including phenoxy) is 2. The van der Waals surface area contributed by atoms with Gasteiger partial charge in [0.15, 0.2) is 17.5 Å². The third-order valence-electron chi connectivity index (χ3n) is 3.46. The van der Waals surface area contributed by atoms with Crippen molar-refractivity contribution in [3.63, 3.8) is 0 Å². The Balaban J connectivity index is 1.67. The number of aliphatic imine (C=N–C) groups is 1. The van der Waals surface area contributed by atoms with Gasteiger partial charge in [-0.25, -0.2) is 0 Å². The molecule has 0 unspecified atom stereocenters. The van der Waals surface area contributed by atoms with E-state index in [9.17, 15) is 4.79 Å². The molecule has 1 amide bonds. The van der Waals surface area contributed by atoms with Crippen LogP contribution in [0.3, 0.4) is 0 Å². The molecule has 1 heterocycles. The van der Waals surface area contributed by atoms with E-state index in [-0.39, 0.29) is 18.7 Å². The van der Waals surface area contributed by atoms with Gasteiger partial charge < -0.3 is 25.4 Å². The van der Waals surface area contributed by atoms with E-state index in [0.29, 0.717) is 18.9 Å². The van der Waals surface area contributed by atoms with Gasteiger partial charge in [0.1, 0.15) is 0 Å². The number of benzene rings is 1. The molecule has 2 rings (SSSR count). The van der Waals surface area contributed by atoms with Crippen LogP contribution in [0, 0.1) is 0 Å². The van der Waals surface area contributed by atoms with Gasteiger partial charge >= 0.3 is 0 Å². The van der Waals surface area contributed by atoms with Crippen LogP contribution in [0.25, 0.3) is 0 Å². The fourth-order valence-corrected chi connectivity index (χ4v) is 2.33. The topological polar surface area (TPSA) is 84.0 Å². The molecular weight excluding hydrogens is 308 g/mol. The SMILES string of the molecule is CN=C(NCCC(=O)NC(C)C)NCCc1ccc2c(c1)OCO2. The molecule has 7 nitrogen and oxygen atoms in total. The lowest BCUT2D eigenvalue weighted by Crippen LogP contribution is -2.40. The van der Waals surface area contributed by atoms with Crippen LogP contribution >= 0.6 is 0 Å². The number of fused-ring (bicyclic) bond motifs is 1. The first-order valence-corrected chi connectivity index (χ1v) is 8.21. The third kappa shape index (κ3) is 5.64. The summed E-state index contributed by atoms with van der Waals surface area (Å²) in [6.45, 7) is 5.46. The second-order valence-electron chi connectivity index (χ2n) is 5.84. The zero-order valence-corrected chi connectivity index (χ0v) is 14.5. The van der Waals surface area contributed by atoms with Crippen molar-refractivity contribution >= 4 is 11.9 Å². The number of nitrogens with zero attached hydrogens (tertiary/aromatic N) is 1. The Morgan fingerprint density at radius 3 is 2.71 bits per heavy atom. The molecule has 0 saturated heterocycles. The van der Waals surface area contributed by atoms with Gasteiger partial charge in [-0.3, -0.25) is 9.79 Å². The van der Waals surface area contributed by atoms with Crippen molar-refractivity contribution in [3.05, 3.63) is 23.8 Å². The van der Waals surface area contributed by atoms with E-state index in [1.807, 2.05) is 32.0 Å². The highest BCUT2D eigenvalue weighted by atomic mass is 16.7. The van der Waals surface area contributed by atoms with Gasteiger partial charge in [-0.1, -0.05) is 6.07 Å². The summed E-state index contributed by atoms with van der Waals surface area (Å²) in [4.78, 5) is 15.7. The van der Waals surface area contributed by atoms with Crippen molar-refractivity contribution in [2.75, 3.05) is 26.9 Å². The molecule has 1 aromatic carbocycles. The predicted octanol–water partition coefficient (Wildman–Crippen LogP) is 1.04. The molecule has 0 radical (unpaired) electrons. The molecule has 3 N–H and O–H groups in total.